The molecule has 7 heteroatoms. The van der Waals surface area contributed by atoms with Crippen molar-refractivity contribution in [2.75, 3.05) is 37.6 Å². The lowest BCUT2D eigenvalue weighted by molar-refractivity contribution is 0.0696. The summed E-state index contributed by atoms with van der Waals surface area (Å²) >= 11 is 0. The Balaban J connectivity index is 1.47. The molecule has 1 aromatic heterocycles. The van der Waals surface area contributed by atoms with Crippen molar-refractivity contribution in [1.29, 1.82) is 0 Å². The highest BCUT2D eigenvalue weighted by Gasteiger charge is 2.20. The van der Waals surface area contributed by atoms with Crippen molar-refractivity contribution in [3.05, 3.63) is 59.9 Å². The zero-order valence-electron chi connectivity index (χ0n) is 14.5. The summed E-state index contributed by atoms with van der Waals surface area (Å²) in [6.07, 6.45) is 6.79. The van der Waals surface area contributed by atoms with Crippen LogP contribution in [0.25, 0.3) is 6.08 Å². The Morgan fingerprint density at radius 1 is 1.15 bits per heavy atom. The van der Waals surface area contributed by atoms with Crippen molar-refractivity contribution < 1.29 is 9.90 Å². The van der Waals surface area contributed by atoms with Crippen LogP contribution in [-0.4, -0.2) is 64.7 Å². The lowest BCUT2D eigenvalue weighted by Gasteiger charge is -2.35. The number of rotatable bonds is 6. The van der Waals surface area contributed by atoms with Crippen LogP contribution in [-0.2, 0) is 0 Å². The molecule has 3 N–H and O–H groups in total. The SMILES string of the molecule is NC(C=Cc1ccccc1)CN1CCN(c2ncc(C(=O)O)cn2)CC1. The number of aromatic carboxylic acids is 1. The lowest BCUT2D eigenvalue weighted by Crippen LogP contribution is -2.50. The number of carboxylic acids is 1. The summed E-state index contributed by atoms with van der Waals surface area (Å²) in [7, 11) is 0. The smallest absolute Gasteiger partial charge is 0.338 e. The predicted molar refractivity (Wildman–Crippen MR) is 101 cm³/mol. The molecule has 0 spiro atoms. The third-order valence-corrected chi connectivity index (χ3v) is 4.34. The van der Waals surface area contributed by atoms with Crippen molar-refractivity contribution in [3.63, 3.8) is 0 Å². The number of hydrogen-bond acceptors (Lipinski definition) is 6. The summed E-state index contributed by atoms with van der Waals surface area (Å²) in [6.45, 7) is 4.13. The van der Waals surface area contributed by atoms with E-state index in [2.05, 4.69) is 38.0 Å². The molecule has 0 saturated carbocycles. The van der Waals surface area contributed by atoms with E-state index in [0.717, 1.165) is 38.3 Å². The van der Waals surface area contributed by atoms with E-state index < -0.39 is 5.97 Å². The summed E-state index contributed by atoms with van der Waals surface area (Å²) in [5.41, 5.74) is 7.47. The summed E-state index contributed by atoms with van der Waals surface area (Å²) < 4.78 is 0. The number of nitrogens with two attached hydrogens (primary N) is 1. The Morgan fingerprint density at radius 2 is 1.81 bits per heavy atom. The van der Waals surface area contributed by atoms with Gasteiger partial charge in [0, 0.05) is 51.2 Å². The number of anilines is 1. The van der Waals surface area contributed by atoms with Gasteiger partial charge in [-0.25, -0.2) is 14.8 Å². The quantitative estimate of drug-likeness (QED) is 0.809. The molecular weight excluding hydrogens is 330 g/mol. The van der Waals surface area contributed by atoms with Gasteiger partial charge >= 0.3 is 5.97 Å². The Hall–Kier alpha value is -2.77. The summed E-state index contributed by atoms with van der Waals surface area (Å²) in [4.78, 5) is 23.5. The van der Waals surface area contributed by atoms with Crippen molar-refractivity contribution >= 4 is 18.0 Å². The summed E-state index contributed by atoms with van der Waals surface area (Å²) in [5.74, 6) is -0.443. The van der Waals surface area contributed by atoms with Crippen LogP contribution in [0, 0.1) is 0 Å². The highest BCUT2D eigenvalue weighted by Crippen LogP contribution is 2.11. The molecule has 1 fully saturated rings. The zero-order valence-corrected chi connectivity index (χ0v) is 14.5. The maximum absolute atomic E-state index is 10.9. The molecule has 0 bridgehead atoms. The van der Waals surface area contributed by atoms with E-state index in [-0.39, 0.29) is 11.6 Å². The molecule has 1 aliphatic rings. The molecule has 3 rings (SSSR count). The van der Waals surface area contributed by atoms with Crippen LogP contribution < -0.4 is 10.6 Å². The lowest BCUT2D eigenvalue weighted by atomic mass is 10.1. The van der Waals surface area contributed by atoms with E-state index in [4.69, 9.17) is 10.8 Å². The van der Waals surface area contributed by atoms with Crippen molar-refractivity contribution in [1.82, 2.24) is 14.9 Å². The third-order valence-electron chi connectivity index (χ3n) is 4.34. The second-order valence-corrected chi connectivity index (χ2v) is 6.30. The predicted octanol–water partition coefficient (Wildman–Crippen LogP) is 1.34. The summed E-state index contributed by atoms with van der Waals surface area (Å²) in [6, 6.07) is 10.1. The minimum absolute atomic E-state index is 0.0205. The largest absolute Gasteiger partial charge is 0.478 e. The van der Waals surface area contributed by atoms with Gasteiger partial charge in [-0.15, -0.1) is 0 Å². The standard InChI is InChI=1S/C19H23N5O2/c20-17(7-6-15-4-2-1-3-5-15)14-23-8-10-24(11-9-23)19-21-12-16(13-22-19)18(25)26/h1-7,12-13,17H,8-11,14,20H2,(H,25,26). The molecule has 0 aliphatic carbocycles. The fourth-order valence-electron chi connectivity index (χ4n) is 2.88. The zero-order chi connectivity index (χ0) is 18.4. The van der Waals surface area contributed by atoms with E-state index in [1.54, 1.807) is 0 Å². The van der Waals surface area contributed by atoms with Crippen molar-refractivity contribution in [2.45, 2.75) is 6.04 Å². The van der Waals surface area contributed by atoms with Gasteiger partial charge < -0.3 is 15.7 Å². The fourth-order valence-corrected chi connectivity index (χ4v) is 2.88. The van der Waals surface area contributed by atoms with Gasteiger partial charge in [-0.2, -0.15) is 0 Å². The normalized spacial score (nSPS) is 16.7. The van der Waals surface area contributed by atoms with Gasteiger partial charge in [-0.1, -0.05) is 42.5 Å². The number of nitrogens with zero attached hydrogens (tertiary/aromatic N) is 4. The molecule has 1 saturated heterocycles. The monoisotopic (exact) mass is 353 g/mol. The van der Waals surface area contributed by atoms with Crippen LogP contribution in [0.4, 0.5) is 5.95 Å². The number of carbonyl (C=O) groups is 1. The molecule has 2 heterocycles. The van der Waals surface area contributed by atoms with E-state index in [0.29, 0.717) is 5.95 Å². The molecule has 0 radical (unpaired) electrons. The Bertz CT molecular complexity index is 740. The van der Waals surface area contributed by atoms with Crippen LogP contribution in [0.15, 0.2) is 48.8 Å². The van der Waals surface area contributed by atoms with Crippen LogP contribution in [0.3, 0.4) is 0 Å². The molecule has 2 aromatic rings. The van der Waals surface area contributed by atoms with E-state index >= 15 is 0 Å². The topological polar surface area (TPSA) is 95.6 Å². The van der Waals surface area contributed by atoms with Gasteiger partial charge in [0.25, 0.3) is 0 Å². The Morgan fingerprint density at radius 3 is 2.42 bits per heavy atom. The third kappa shape index (κ3) is 4.87. The van der Waals surface area contributed by atoms with Crippen LogP contribution in [0.2, 0.25) is 0 Å². The van der Waals surface area contributed by atoms with Gasteiger partial charge in [-0.05, 0) is 5.56 Å². The van der Waals surface area contributed by atoms with E-state index in [1.807, 2.05) is 24.3 Å². The van der Waals surface area contributed by atoms with Gasteiger partial charge in [0.1, 0.15) is 0 Å². The number of piperazine rings is 1. The Kier molecular flexibility index (Phi) is 5.93. The fraction of sp³-hybridized carbons (Fsp3) is 0.316. The molecule has 1 unspecified atom stereocenters. The highest BCUT2D eigenvalue weighted by atomic mass is 16.4. The second kappa shape index (κ2) is 8.55. The summed E-state index contributed by atoms with van der Waals surface area (Å²) in [5, 5.41) is 8.90. The number of hydrogen-bond donors (Lipinski definition) is 2. The Labute approximate surface area is 152 Å². The number of carboxylic acid groups (broad SMARTS) is 1. The first-order chi connectivity index (χ1) is 12.6. The van der Waals surface area contributed by atoms with E-state index in [9.17, 15) is 4.79 Å². The number of benzene rings is 1. The minimum atomic E-state index is -1.01. The molecule has 26 heavy (non-hydrogen) atoms. The molecule has 7 nitrogen and oxygen atoms in total. The van der Waals surface area contributed by atoms with Gasteiger partial charge in [-0.3, -0.25) is 4.90 Å². The van der Waals surface area contributed by atoms with Crippen LogP contribution in [0.1, 0.15) is 15.9 Å². The maximum atomic E-state index is 10.9. The van der Waals surface area contributed by atoms with Crippen molar-refractivity contribution in [2.24, 2.45) is 5.73 Å². The minimum Gasteiger partial charge on any atom is -0.478 e. The van der Waals surface area contributed by atoms with Crippen molar-refractivity contribution in [3.8, 4) is 0 Å². The van der Waals surface area contributed by atoms with Crippen LogP contribution >= 0.6 is 0 Å². The second-order valence-electron chi connectivity index (χ2n) is 6.30. The van der Waals surface area contributed by atoms with Gasteiger partial charge in [0.05, 0.1) is 5.56 Å². The molecular formula is C19H23N5O2. The number of aromatic nitrogens is 2. The first kappa shape index (κ1) is 18.0. The molecule has 0 amide bonds. The molecule has 136 valence electrons. The molecule has 1 aliphatic heterocycles. The van der Waals surface area contributed by atoms with Gasteiger partial charge in [0.2, 0.25) is 5.95 Å². The average molecular weight is 353 g/mol. The first-order valence-electron chi connectivity index (χ1n) is 8.63. The van der Waals surface area contributed by atoms with E-state index in [1.165, 1.54) is 12.4 Å². The first-order valence-corrected chi connectivity index (χ1v) is 8.63. The molecule has 1 atom stereocenters. The molecule has 1 aromatic carbocycles. The highest BCUT2D eigenvalue weighted by molar-refractivity contribution is 5.86. The van der Waals surface area contributed by atoms with Crippen LogP contribution in [0.5, 0.6) is 0 Å². The van der Waals surface area contributed by atoms with Gasteiger partial charge in [0.15, 0.2) is 0 Å². The maximum Gasteiger partial charge on any atom is 0.338 e. The average Bonchev–Trinajstić information content (AvgIpc) is 2.68.